The van der Waals surface area contributed by atoms with Crippen LogP contribution in [-0.4, -0.2) is 10.5 Å². The van der Waals surface area contributed by atoms with Crippen LogP contribution in [-0.2, 0) is 13.0 Å². The number of amides is 1. The summed E-state index contributed by atoms with van der Waals surface area (Å²) in [5.41, 5.74) is 8.38. The maximum atomic E-state index is 14.4. The van der Waals surface area contributed by atoms with Crippen molar-refractivity contribution in [1.29, 1.82) is 0 Å². The van der Waals surface area contributed by atoms with Crippen molar-refractivity contribution in [2.45, 2.75) is 39.2 Å². The second-order valence-electron chi connectivity index (χ2n) is 7.82. The van der Waals surface area contributed by atoms with Crippen LogP contribution in [0.25, 0.3) is 21.8 Å². The molecular weight excluding hydrogens is 401 g/mol. The summed E-state index contributed by atoms with van der Waals surface area (Å²) in [6.45, 7) is 2.06. The van der Waals surface area contributed by atoms with E-state index >= 15 is 0 Å². The van der Waals surface area contributed by atoms with Crippen LogP contribution in [0, 0.1) is 17.5 Å². The molecule has 0 spiro atoms. The van der Waals surface area contributed by atoms with Crippen LogP contribution in [0.2, 0.25) is 0 Å². The number of rotatable bonds is 7. The predicted molar refractivity (Wildman–Crippen MR) is 117 cm³/mol. The van der Waals surface area contributed by atoms with Crippen LogP contribution in [0.5, 0.6) is 0 Å². The van der Waals surface area contributed by atoms with Gasteiger partial charge in [-0.25, -0.2) is 13.2 Å². The van der Waals surface area contributed by atoms with Crippen LogP contribution >= 0.6 is 0 Å². The fraction of sp³-hybridized carbons (Fsp3) is 0.240. The zero-order valence-corrected chi connectivity index (χ0v) is 17.2. The molecule has 2 N–H and O–H groups in total. The van der Waals surface area contributed by atoms with Gasteiger partial charge in [0.2, 0.25) is 5.91 Å². The molecule has 0 fully saturated rings. The van der Waals surface area contributed by atoms with Crippen molar-refractivity contribution in [2.24, 2.45) is 5.73 Å². The first-order valence-corrected chi connectivity index (χ1v) is 10.4. The average molecular weight is 424 g/mol. The highest BCUT2D eigenvalue weighted by Crippen LogP contribution is 2.33. The van der Waals surface area contributed by atoms with Crippen molar-refractivity contribution >= 4 is 27.7 Å². The van der Waals surface area contributed by atoms with Crippen molar-refractivity contribution in [3.05, 3.63) is 82.7 Å². The number of aryl methyl sites for hydroxylation is 1. The van der Waals surface area contributed by atoms with Gasteiger partial charge in [-0.05, 0) is 42.7 Å². The molecule has 0 unspecified atom stereocenters. The van der Waals surface area contributed by atoms with Crippen molar-refractivity contribution in [3.8, 4) is 0 Å². The van der Waals surface area contributed by atoms with E-state index in [9.17, 15) is 18.0 Å². The van der Waals surface area contributed by atoms with Crippen molar-refractivity contribution in [1.82, 2.24) is 4.57 Å². The number of unbranched alkanes of at least 4 members (excludes halogenated alkanes) is 2. The molecule has 6 heteroatoms. The first-order chi connectivity index (χ1) is 14.9. The Morgan fingerprint density at radius 3 is 2.55 bits per heavy atom. The van der Waals surface area contributed by atoms with Crippen LogP contribution in [0.1, 0.15) is 47.7 Å². The molecule has 3 nitrogen and oxygen atoms in total. The second kappa shape index (κ2) is 8.46. The zero-order chi connectivity index (χ0) is 22.1. The molecule has 1 aromatic heterocycles. The second-order valence-corrected chi connectivity index (χ2v) is 7.82. The minimum atomic E-state index is -1.23. The van der Waals surface area contributed by atoms with Gasteiger partial charge in [0.25, 0.3) is 0 Å². The molecule has 160 valence electrons. The third kappa shape index (κ3) is 3.90. The van der Waals surface area contributed by atoms with Gasteiger partial charge in [-0.1, -0.05) is 38.0 Å². The number of nitrogens with zero attached hydrogens (tertiary/aromatic N) is 1. The van der Waals surface area contributed by atoms with E-state index in [-0.39, 0.29) is 12.1 Å². The summed E-state index contributed by atoms with van der Waals surface area (Å²) < 4.78 is 43.8. The van der Waals surface area contributed by atoms with E-state index in [1.807, 2.05) is 18.2 Å². The van der Waals surface area contributed by atoms with Crippen molar-refractivity contribution in [2.75, 3.05) is 0 Å². The van der Waals surface area contributed by atoms with Gasteiger partial charge in [-0.15, -0.1) is 0 Å². The highest BCUT2D eigenvalue weighted by Gasteiger charge is 2.19. The number of benzene rings is 3. The first-order valence-electron chi connectivity index (χ1n) is 10.4. The van der Waals surface area contributed by atoms with E-state index in [1.54, 1.807) is 22.8 Å². The molecule has 1 amide bonds. The number of primary amides is 1. The number of carbonyl (C=O) groups excluding carboxylic acids is 1. The van der Waals surface area contributed by atoms with Crippen molar-refractivity contribution < 1.29 is 18.0 Å². The molecule has 4 rings (SSSR count). The van der Waals surface area contributed by atoms with Crippen LogP contribution < -0.4 is 5.73 Å². The highest BCUT2D eigenvalue weighted by molar-refractivity contribution is 6.18. The minimum absolute atomic E-state index is 0.0822. The van der Waals surface area contributed by atoms with E-state index in [4.69, 9.17) is 5.73 Å². The fourth-order valence-electron chi connectivity index (χ4n) is 4.19. The summed E-state index contributed by atoms with van der Waals surface area (Å²) in [5, 5.41) is 1.45. The Labute approximate surface area is 178 Å². The molecule has 0 radical (unpaired) electrons. The smallest absolute Gasteiger partial charge is 0.249 e. The summed E-state index contributed by atoms with van der Waals surface area (Å²) >= 11 is 0. The number of nitrogens with two attached hydrogens (primary N) is 1. The van der Waals surface area contributed by atoms with Gasteiger partial charge in [-0.3, -0.25) is 4.79 Å². The first kappa shape index (κ1) is 21.0. The number of halogens is 3. The summed E-state index contributed by atoms with van der Waals surface area (Å²) in [4.78, 5) is 12.1. The minimum Gasteiger partial charge on any atom is -0.366 e. The third-order valence-corrected chi connectivity index (χ3v) is 5.69. The molecule has 0 aliphatic heterocycles. The molecule has 4 aromatic rings. The normalized spacial score (nSPS) is 11.5. The Morgan fingerprint density at radius 2 is 1.81 bits per heavy atom. The number of fused-ring (bicyclic) bond motifs is 3. The number of hydrogen-bond acceptors (Lipinski definition) is 1. The molecular formula is C25H23F3N2O. The van der Waals surface area contributed by atoms with Gasteiger partial charge >= 0.3 is 0 Å². The summed E-state index contributed by atoms with van der Waals surface area (Å²) in [5.74, 6) is -3.72. The fourth-order valence-corrected chi connectivity index (χ4v) is 4.19. The SMILES string of the molecule is CCCCCc1ccc2c3c(C(N)=O)cccc3n(Cc3cc(F)cc(F)c3F)c2c1. The number of aromatic nitrogens is 1. The molecule has 0 aliphatic rings. The molecule has 0 atom stereocenters. The lowest BCUT2D eigenvalue weighted by atomic mass is 10.0. The van der Waals surface area contributed by atoms with Crippen LogP contribution in [0.4, 0.5) is 13.2 Å². The third-order valence-electron chi connectivity index (χ3n) is 5.69. The standard InChI is InChI=1S/C25H23F3N2O/c1-2-3-4-6-15-9-10-18-22(11-15)30(14-16-12-17(26)13-20(27)24(16)28)21-8-5-7-19(23(18)21)25(29)31/h5,7-13H,2-4,6,14H2,1H3,(H2,29,31). The van der Waals surface area contributed by atoms with E-state index in [2.05, 4.69) is 6.92 Å². The topological polar surface area (TPSA) is 48.0 Å². The molecule has 0 saturated carbocycles. The molecule has 3 aromatic carbocycles. The lowest BCUT2D eigenvalue weighted by Gasteiger charge is -2.11. The maximum Gasteiger partial charge on any atom is 0.249 e. The summed E-state index contributed by atoms with van der Waals surface area (Å²) in [6, 6.07) is 12.6. The van der Waals surface area contributed by atoms with Crippen molar-refractivity contribution in [3.63, 3.8) is 0 Å². The largest absolute Gasteiger partial charge is 0.366 e. The van der Waals surface area contributed by atoms with Crippen LogP contribution in [0.15, 0.2) is 48.5 Å². The highest BCUT2D eigenvalue weighted by atomic mass is 19.2. The van der Waals surface area contributed by atoms with E-state index in [0.717, 1.165) is 48.2 Å². The van der Waals surface area contributed by atoms with Gasteiger partial charge in [0.1, 0.15) is 5.82 Å². The molecule has 0 bridgehead atoms. The Bertz CT molecular complexity index is 1290. The quantitative estimate of drug-likeness (QED) is 0.283. The molecule has 0 saturated heterocycles. The van der Waals surface area contributed by atoms with Gasteiger partial charge in [0, 0.05) is 33.5 Å². The summed E-state index contributed by atoms with van der Waals surface area (Å²) in [6.07, 6.45) is 4.14. The van der Waals surface area contributed by atoms with Gasteiger partial charge in [0.05, 0.1) is 12.1 Å². The van der Waals surface area contributed by atoms with Crippen LogP contribution in [0.3, 0.4) is 0 Å². The monoisotopic (exact) mass is 424 g/mol. The lowest BCUT2D eigenvalue weighted by molar-refractivity contribution is 0.100. The number of carbonyl (C=O) groups is 1. The summed E-state index contributed by atoms with van der Waals surface area (Å²) in [7, 11) is 0. The van der Waals surface area contributed by atoms with Gasteiger partial charge in [-0.2, -0.15) is 0 Å². The Kier molecular flexibility index (Phi) is 5.72. The Morgan fingerprint density at radius 1 is 1.00 bits per heavy atom. The predicted octanol–water partition coefficient (Wildman–Crippen LogP) is 6.09. The molecule has 1 heterocycles. The number of hydrogen-bond donors (Lipinski definition) is 1. The average Bonchev–Trinajstić information content (AvgIpc) is 3.05. The Balaban J connectivity index is 1.95. The van der Waals surface area contributed by atoms with E-state index < -0.39 is 23.4 Å². The maximum absolute atomic E-state index is 14.4. The lowest BCUT2D eigenvalue weighted by Crippen LogP contribution is -2.11. The van der Waals surface area contributed by atoms with Gasteiger partial charge < -0.3 is 10.3 Å². The zero-order valence-electron chi connectivity index (χ0n) is 17.2. The van der Waals surface area contributed by atoms with E-state index in [1.165, 1.54) is 0 Å². The van der Waals surface area contributed by atoms with E-state index in [0.29, 0.717) is 22.5 Å². The molecule has 0 aliphatic carbocycles. The Hall–Kier alpha value is -3.28. The van der Waals surface area contributed by atoms with Gasteiger partial charge in [0.15, 0.2) is 11.6 Å². The molecule has 31 heavy (non-hydrogen) atoms.